The first kappa shape index (κ1) is 14.0. The number of ether oxygens (including phenoxy) is 1. The van der Waals surface area contributed by atoms with E-state index in [0.717, 1.165) is 0 Å². The number of aliphatic hydroxyl groups excluding tert-OH is 2. The molecule has 0 saturated carbocycles. The largest absolute Gasteiger partial charge is 0.454 e. The van der Waals surface area contributed by atoms with Crippen LogP contribution in [0.25, 0.3) is 0 Å². The Bertz CT molecular complexity index is 449. The molecule has 1 aliphatic carbocycles. The van der Waals surface area contributed by atoms with Gasteiger partial charge in [0, 0.05) is 17.9 Å². The number of esters is 1. The molecule has 0 amide bonds. The van der Waals surface area contributed by atoms with Crippen LogP contribution >= 0.6 is 0 Å². The number of hydrogen-bond donors (Lipinski definition) is 2. The van der Waals surface area contributed by atoms with Crippen molar-refractivity contribution in [3.05, 3.63) is 36.0 Å². The van der Waals surface area contributed by atoms with E-state index in [1.165, 1.54) is 0 Å². The second-order valence-corrected chi connectivity index (χ2v) is 5.38. The van der Waals surface area contributed by atoms with Crippen molar-refractivity contribution in [3.8, 4) is 0 Å². The second kappa shape index (κ2) is 5.31. The Labute approximate surface area is 113 Å². The molecule has 0 aromatic heterocycles. The third-order valence-electron chi connectivity index (χ3n) is 4.00. The van der Waals surface area contributed by atoms with Crippen molar-refractivity contribution in [1.82, 2.24) is 0 Å². The lowest BCUT2D eigenvalue weighted by molar-refractivity contribution is -0.137. The molecule has 1 saturated heterocycles. The molecule has 0 radical (unpaired) electrons. The highest BCUT2D eigenvalue weighted by Gasteiger charge is 2.38. The minimum atomic E-state index is -0.752. The van der Waals surface area contributed by atoms with Crippen molar-refractivity contribution in [1.29, 1.82) is 0 Å². The van der Waals surface area contributed by atoms with Gasteiger partial charge in [-0.3, -0.25) is 0 Å². The van der Waals surface area contributed by atoms with E-state index in [9.17, 15) is 15.0 Å². The monoisotopic (exact) mass is 264 g/mol. The van der Waals surface area contributed by atoms with Gasteiger partial charge in [-0.1, -0.05) is 13.2 Å². The summed E-state index contributed by atoms with van der Waals surface area (Å²) in [5, 5.41) is 19.9. The summed E-state index contributed by atoms with van der Waals surface area (Å²) in [4.78, 5) is 11.6. The molecule has 0 aromatic rings. The van der Waals surface area contributed by atoms with Crippen LogP contribution in [0.5, 0.6) is 0 Å². The summed E-state index contributed by atoms with van der Waals surface area (Å²) in [6.45, 7) is 9.40. The molecule has 1 heterocycles. The highest BCUT2D eigenvalue weighted by molar-refractivity contribution is 5.91. The first-order chi connectivity index (χ1) is 8.90. The van der Waals surface area contributed by atoms with Crippen molar-refractivity contribution < 1.29 is 19.7 Å². The number of fused-ring (bicyclic) bond motifs is 1. The SMILES string of the molecule is C=C1CCC2C(=C)C(=O)OC2/C=C(\C)C(O)CC1O. The summed E-state index contributed by atoms with van der Waals surface area (Å²) in [7, 11) is 0. The van der Waals surface area contributed by atoms with E-state index in [4.69, 9.17) is 4.74 Å². The topological polar surface area (TPSA) is 66.8 Å². The fraction of sp³-hybridized carbons (Fsp3) is 0.533. The van der Waals surface area contributed by atoms with E-state index in [-0.39, 0.29) is 24.4 Å². The zero-order valence-electron chi connectivity index (χ0n) is 11.1. The maximum absolute atomic E-state index is 11.6. The molecule has 4 atom stereocenters. The van der Waals surface area contributed by atoms with Gasteiger partial charge in [0.05, 0.1) is 12.2 Å². The van der Waals surface area contributed by atoms with Crippen molar-refractivity contribution in [2.24, 2.45) is 5.92 Å². The minimum absolute atomic E-state index is 0.100. The summed E-state index contributed by atoms with van der Waals surface area (Å²) >= 11 is 0. The van der Waals surface area contributed by atoms with Crippen LogP contribution in [0.3, 0.4) is 0 Å². The van der Waals surface area contributed by atoms with Gasteiger partial charge in [0.25, 0.3) is 0 Å². The van der Waals surface area contributed by atoms with Crippen molar-refractivity contribution in [2.75, 3.05) is 0 Å². The molecule has 1 fully saturated rings. The highest BCUT2D eigenvalue weighted by atomic mass is 16.5. The van der Waals surface area contributed by atoms with Crippen LogP contribution in [0.4, 0.5) is 0 Å². The van der Waals surface area contributed by atoms with Crippen molar-refractivity contribution in [3.63, 3.8) is 0 Å². The van der Waals surface area contributed by atoms with Crippen LogP contribution < -0.4 is 0 Å². The molecule has 0 aromatic carbocycles. The lowest BCUT2D eigenvalue weighted by atomic mass is 9.85. The van der Waals surface area contributed by atoms with Gasteiger partial charge in [0.1, 0.15) is 6.10 Å². The van der Waals surface area contributed by atoms with E-state index < -0.39 is 12.2 Å². The lowest BCUT2D eigenvalue weighted by Gasteiger charge is -2.24. The first-order valence-corrected chi connectivity index (χ1v) is 6.52. The molecule has 4 heteroatoms. The molecule has 2 aliphatic rings. The van der Waals surface area contributed by atoms with Gasteiger partial charge >= 0.3 is 5.97 Å². The number of rotatable bonds is 0. The Morgan fingerprint density at radius 2 is 2.00 bits per heavy atom. The first-order valence-electron chi connectivity index (χ1n) is 6.52. The molecular formula is C15H20O4. The predicted molar refractivity (Wildman–Crippen MR) is 71.3 cm³/mol. The third-order valence-corrected chi connectivity index (χ3v) is 4.00. The van der Waals surface area contributed by atoms with Gasteiger partial charge in [0.2, 0.25) is 0 Å². The Kier molecular flexibility index (Phi) is 3.92. The van der Waals surface area contributed by atoms with Crippen molar-refractivity contribution >= 4 is 5.97 Å². The maximum atomic E-state index is 11.6. The van der Waals surface area contributed by atoms with E-state index in [1.807, 2.05) is 0 Å². The third kappa shape index (κ3) is 2.80. The van der Waals surface area contributed by atoms with Gasteiger partial charge in [-0.2, -0.15) is 0 Å². The highest BCUT2D eigenvalue weighted by Crippen LogP contribution is 2.34. The second-order valence-electron chi connectivity index (χ2n) is 5.38. The zero-order valence-corrected chi connectivity index (χ0v) is 11.1. The molecule has 4 nitrogen and oxygen atoms in total. The average Bonchev–Trinajstić information content (AvgIpc) is 2.61. The van der Waals surface area contributed by atoms with E-state index in [2.05, 4.69) is 13.2 Å². The summed E-state index contributed by atoms with van der Waals surface area (Å²) < 4.78 is 5.27. The number of hydrogen-bond acceptors (Lipinski definition) is 4. The molecule has 104 valence electrons. The van der Waals surface area contributed by atoms with Crippen LogP contribution in [-0.2, 0) is 9.53 Å². The van der Waals surface area contributed by atoms with E-state index >= 15 is 0 Å². The van der Waals surface area contributed by atoms with E-state index in [1.54, 1.807) is 13.0 Å². The van der Waals surface area contributed by atoms with E-state index in [0.29, 0.717) is 29.6 Å². The summed E-state index contributed by atoms with van der Waals surface area (Å²) in [5.74, 6) is -0.476. The Morgan fingerprint density at radius 1 is 1.32 bits per heavy atom. The number of aliphatic hydroxyl groups is 2. The summed E-state index contributed by atoms with van der Waals surface area (Å²) in [6, 6.07) is 0. The van der Waals surface area contributed by atoms with Gasteiger partial charge in [-0.15, -0.1) is 0 Å². The Morgan fingerprint density at radius 3 is 2.68 bits per heavy atom. The fourth-order valence-corrected chi connectivity index (χ4v) is 2.56. The Hall–Kier alpha value is -1.39. The number of carbonyl (C=O) groups excluding carboxylic acids is 1. The molecular weight excluding hydrogens is 244 g/mol. The molecule has 0 bridgehead atoms. The molecule has 19 heavy (non-hydrogen) atoms. The van der Waals surface area contributed by atoms with Crippen LogP contribution in [0.1, 0.15) is 26.2 Å². The van der Waals surface area contributed by atoms with Gasteiger partial charge in [-0.05, 0) is 37.0 Å². The summed E-state index contributed by atoms with van der Waals surface area (Å²) in [6.07, 6.45) is 1.43. The van der Waals surface area contributed by atoms with Gasteiger partial charge in [0.15, 0.2) is 0 Å². The van der Waals surface area contributed by atoms with Crippen LogP contribution in [-0.4, -0.2) is 34.5 Å². The number of carbonyl (C=O) groups is 1. The van der Waals surface area contributed by atoms with Gasteiger partial charge < -0.3 is 14.9 Å². The van der Waals surface area contributed by atoms with Crippen molar-refractivity contribution in [2.45, 2.75) is 44.5 Å². The fourth-order valence-electron chi connectivity index (χ4n) is 2.56. The normalized spacial score (nSPS) is 39.3. The van der Waals surface area contributed by atoms with Crippen LogP contribution in [0.15, 0.2) is 36.0 Å². The summed E-state index contributed by atoms with van der Waals surface area (Å²) in [5.41, 5.74) is 1.84. The maximum Gasteiger partial charge on any atom is 0.334 e. The van der Waals surface area contributed by atoms with Crippen LogP contribution in [0, 0.1) is 5.92 Å². The molecule has 4 unspecified atom stereocenters. The molecule has 2 rings (SSSR count). The molecule has 0 spiro atoms. The Balaban J connectivity index is 2.30. The minimum Gasteiger partial charge on any atom is -0.454 e. The predicted octanol–water partition coefficient (Wildman–Crippen LogP) is 1.49. The lowest BCUT2D eigenvalue weighted by Crippen LogP contribution is -2.25. The average molecular weight is 264 g/mol. The zero-order chi connectivity index (χ0) is 14.2. The quantitative estimate of drug-likeness (QED) is 0.395. The van der Waals surface area contributed by atoms with Crippen LogP contribution in [0.2, 0.25) is 0 Å². The van der Waals surface area contributed by atoms with Gasteiger partial charge in [-0.25, -0.2) is 4.79 Å². The molecule has 1 aliphatic heterocycles. The smallest absolute Gasteiger partial charge is 0.334 e. The standard InChI is InChI=1S/C15H20O4/c1-8-4-5-11-10(3)15(18)19-14(11)6-9(2)13(17)7-12(8)16/h6,11-14,16-17H,1,3-5,7H2,2H3/b9-6+. The molecule has 2 N–H and O–H groups in total.